The lowest BCUT2D eigenvalue weighted by Crippen LogP contribution is -2.56. The Morgan fingerprint density at radius 3 is 2.46 bits per heavy atom. The van der Waals surface area contributed by atoms with Crippen LogP contribution >= 0.6 is 23.2 Å². The highest BCUT2D eigenvalue weighted by Gasteiger charge is 2.37. The van der Waals surface area contributed by atoms with Gasteiger partial charge in [-0.25, -0.2) is 0 Å². The Bertz CT molecular complexity index is 336. The summed E-state index contributed by atoms with van der Waals surface area (Å²) in [7, 11) is 0. The van der Waals surface area contributed by atoms with Crippen molar-refractivity contribution in [2.24, 2.45) is 0 Å². The van der Waals surface area contributed by atoms with Crippen molar-refractivity contribution in [1.82, 2.24) is 5.32 Å². The molecule has 13 heavy (non-hydrogen) atoms. The molecule has 70 valence electrons. The molecule has 0 aliphatic carbocycles. The molecule has 1 aromatic carbocycles. The topological polar surface area (TPSA) is 32.3 Å². The van der Waals surface area contributed by atoms with Crippen LogP contribution in [0.15, 0.2) is 18.2 Å². The minimum absolute atomic E-state index is 0.525. The van der Waals surface area contributed by atoms with E-state index in [1.165, 1.54) is 0 Å². The summed E-state index contributed by atoms with van der Waals surface area (Å²) in [6.07, 6.45) is 0. The van der Waals surface area contributed by atoms with Gasteiger partial charge in [-0.15, -0.1) is 0 Å². The van der Waals surface area contributed by atoms with Crippen molar-refractivity contribution in [3.05, 3.63) is 33.8 Å². The molecule has 1 fully saturated rings. The molecule has 4 heteroatoms. The predicted octanol–water partition coefficient (Wildman–Crippen LogP) is 1.78. The number of hydrogen-bond acceptors (Lipinski definition) is 2. The Labute approximate surface area is 86.5 Å². The molecule has 2 nitrogen and oxygen atoms in total. The zero-order chi connectivity index (χ0) is 9.47. The van der Waals surface area contributed by atoms with Gasteiger partial charge in [0.05, 0.1) is 0 Å². The average molecular weight is 218 g/mol. The fourth-order valence-corrected chi connectivity index (χ4v) is 2.00. The number of hydrogen-bond donors (Lipinski definition) is 2. The molecule has 1 aliphatic rings. The van der Waals surface area contributed by atoms with Crippen LogP contribution in [0, 0.1) is 0 Å². The Morgan fingerprint density at radius 1 is 1.31 bits per heavy atom. The monoisotopic (exact) mass is 217 g/mol. The van der Waals surface area contributed by atoms with Gasteiger partial charge in [0.2, 0.25) is 0 Å². The first-order chi connectivity index (χ1) is 6.12. The summed E-state index contributed by atoms with van der Waals surface area (Å²) in [5.41, 5.74) is -0.0564. The van der Waals surface area contributed by atoms with E-state index in [1.807, 2.05) is 0 Å². The Kier molecular flexibility index (Phi) is 2.24. The maximum atomic E-state index is 9.96. The lowest BCUT2D eigenvalue weighted by atomic mass is 9.88. The number of halogens is 2. The second kappa shape index (κ2) is 3.14. The number of rotatable bonds is 1. The second-order valence-electron chi connectivity index (χ2n) is 3.26. The SMILES string of the molecule is OC1(c2ccc(Cl)cc2Cl)CNC1. The molecule has 1 heterocycles. The van der Waals surface area contributed by atoms with Crippen LogP contribution in [0.3, 0.4) is 0 Å². The molecule has 0 aromatic heterocycles. The van der Waals surface area contributed by atoms with E-state index in [-0.39, 0.29) is 0 Å². The van der Waals surface area contributed by atoms with Gasteiger partial charge in [0.25, 0.3) is 0 Å². The van der Waals surface area contributed by atoms with Crippen molar-refractivity contribution in [2.75, 3.05) is 13.1 Å². The number of β-amino-alcohol motifs (C(OH)–C–C–N with tert-alkyl or cyclic N) is 1. The van der Waals surface area contributed by atoms with Crippen molar-refractivity contribution < 1.29 is 5.11 Å². The summed E-state index contributed by atoms with van der Waals surface area (Å²) >= 11 is 11.7. The summed E-state index contributed by atoms with van der Waals surface area (Å²) < 4.78 is 0. The van der Waals surface area contributed by atoms with Gasteiger partial charge < -0.3 is 10.4 Å². The highest BCUT2D eigenvalue weighted by molar-refractivity contribution is 6.35. The van der Waals surface area contributed by atoms with Gasteiger partial charge in [0.15, 0.2) is 0 Å². The second-order valence-corrected chi connectivity index (χ2v) is 4.10. The van der Waals surface area contributed by atoms with Crippen LogP contribution in [-0.4, -0.2) is 18.2 Å². The fraction of sp³-hybridized carbons (Fsp3) is 0.333. The third-order valence-corrected chi connectivity index (χ3v) is 2.82. The van der Waals surface area contributed by atoms with Crippen LogP contribution in [0.1, 0.15) is 5.56 Å². The Morgan fingerprint density at radius 2 is 2.00 bits per heavy atom. The van der Waals surface area contributed by atoms with Gasteiger partial charge in [0.1, 0.15) is 5.60 Å². The minimum atomic E-state index is -0.804. The van der Waals surface area contributed by atoms with Crippen molar-refractivity contribution in [3.63, 3.8) is 0 Å². The zero-order valence-electron chi connectivity index (χ0n) is 6.85. The third-order valence-electron chi connectivity index (χ3n) is 2.27. The molecule has 0 amide bonds. The van der Waals surface area contributed by atoms with E-state index in [0.29, 0.717) is 23.1 Å². The molecule has 1 aliphatic heterocycles. The molecule has 2 rings (SSSR count). The van der Waals surface area contributed by atoms with Crippen molar-refractivity contribution in [2.45, 2.75) is 5.60 Å². The van der Waals surface area contributed by atoms with Gasteiger partial charge in [-0.05, 0) is 12.1 Å². The van der Waals surface area contributed by atoms with Gasteiger partial charge >= 0.3 is 0 Å². The normalized spacial score (nSPS) is 19.6. The van der Waals surface area contributed by atoms with Crippen LogP contribution in [0.4, 0.5) is 0 Å². The summed E-state index contributed by atoms with van der Waals surface area (Å²) in [5, 5.41) is 14.1. The molecule has 0 bridgehead atoms. The summed E-state index contributed by atoms with van der Waals surface area (Å²) in [4.78, 5) is 0. The van der Waals surface area contributed by atoms with Gasteiger partial charge in [-0.2, -0.15) is 0 Å². The van der Waals surface area contributed by atoms with E-state index < -0.39 is 5.60 Å². The van der Waals surface area contributed by atoms with E-state index in [4.69, 9.17) is 23.2 Å². The molecule has 0 atom stereocenters. The van der Waals surface area contributed by atoms with E-state index in [9.17, 15) is 5.11 Å². The van der Waals surface area contributed by atoms with Crippen LogP contribution in [0.5, 0.6) is 0 Å². The standard InChI is InChI=1S/C9H9Cl2NO/c10-6-1-2-7(8(11)3-6)9(13)4-12-5-9/h1-3,12-13H,4-5H2. The smallest absolute Gasteiger partial charge is 0.116 e. The Hall–Kier alpha value is -0.280. The first-order valence-electron chi connectivity index (χ1n) is 4.00. The molecule has 1 aromatic rings. The Balaban J connectivity index is 2.40. The lowest BCUT2D eigenvalue weighted by molar-refractivity contribution is -0.0145. The molecule has 2 N–H and O–H groups in total. The number of aliphatic hydroxyl groups is 1. The van der Waals surface area contributed by atoms with Gasteiger partial charge in [-0.3, -0.25) is 0 Å². The van der Waals surface area contributed by atoms with Crippen LogP contribution in [-0.2, 0) is 5.60 Å². The predicted molar refractivity (Wildman–Crippen MR) is 53.2 cm³/mol. The van der Waals surface area contributed by atoms with Crippen LogP contribution in [0.2, 0.25) is 10.0 Å². The first kappa shape index (κ1) is 9.28. The van der Waals surface area contributed by atoms with E-state index in [0.717, 1.165) is 5.56 Å². The maximum absolute atomic E-state index is 9.96. The van der Waals surface area contributed by atoms with Crippen LogP contribution in [0.25, 0.3) is 0 Å². The minimum Gasteiger partial charge on any atom is -0.382 e. The summed E-state index contributed by atoms with van der Waals surface area (Å²) in [6.45, 7) is 1.10. The number of benzene rings is 1. The largest absolute Gasteiger partial charge is 0.382 e. The fourth-order valence-electron chi connectivity index (χ4n) is 1.42. The molecule has 0 radical (unpaired) electrons. The molecular formula is C9H9Cl2NO. The molecule has 1 saturated heterocycles. The molecule has 0 saturated carbocycles. The highest BCUT2D eigenvalue weighted by Crippen LogP contribution is 2.32. The zero-order valence-corrected chi connectivity index (χ0v) is 8.36. The van der Waals surface area contributed by atoms with E-state index >= 15 is 0 Å². The van der Waals surface area contributed by atoms with Crippen molar-refractivity contribution in [3.8, 4) is 0 Å². The maximum Gasteiger partial charge on any atom is 0.116 e. The van der Waals surface area contributed by atoms with Gasteiger partial charge in [0, 0.05) is 28.7 Å². The van der Waals surface area contributed by atoms with Gasteiger partial charge in [-0.1, -0.05) is 29.3 Å². The van der Waals surface area contributed by atoms with Crippen molar-refractivity contribution in [1.29, 1.82) is 0 Å². The van der Waals surface area contributed by atoms with Crippen LogP contribution < -0.4 is 5.32 Å². The molecule has 0 spiro atoms. The average Bonchev–Trinajstić information content (AvgIpc) is 2.00. The number of nitrogens with one attached hydrogen (secondary N) is 1. The first-order valence-corrected chi connectivity index (χ1v) is 4.76. The summed E-state index contributed by atoms with van der Waals surface area (Å²) in [5.74, 6) is 0. The van der Waals surface area contributed by atoms with E-state index in [1.54, 1.807) is 18.2 Å². The van der Waals surface area contributed by atoms with E-state index in [2.05, 4.69) is 5.32 Å². The molecular weight excluding hydrogens is 209 g/mol. The quantitative estimate of drug-likeness (QED) is 0.753. The molecule has 0 unspecified atom stereocenters. The van der Waals surface area contributed by atoms with Crippen molar-refractivity contribution >= 4 is 23.2 Å². The lowest BCUT2D eigenvalue weighted by Gasteiger charge is -2.38. The third kappa shape index (κ3) is 1.55. The summed E-state index contributed by atoms with van der Waals surface area (Å²) in [6, 6.07) is 5.15. The highest BCUT2D eigenvalue weighted by atomic mass is 35.5.